The fourth-order valence-electron chi connectivity index (χ4n) is 10.6. The Morgan fingerprint density at radius 2 is 0.931 bits per heavy atom. The van der Waals surface area contributed by atoms with Crippen LogP contribution in [0.3, 0.4) is 0 Å². The number of aliphatic carboxylic acids is 3. The summed E-state index contributed by atoms with van der Waals surface area (Å²) in [5, 5.41) is 30.6. The molecule has 0 aromatic heterocycles. The van der Waals surface area contributed by atoms with Gasteiger partial charge in [-0.3, -0.25) is 14.4 Å². The van der Waals surface area contributed by atoms with Crippen LogP contribution in [0.2, 0.25) is 0 Å². The van der Waals surface area contributed by atoms with Crippen molar-refractivity contribution in [3.63, 3.8) is 0 Å². The SMILES string of the molecule is O=C(O)C12CC3CC(C1)CC(C14CC5CC(C(=O)O)(CC(C(=O)O)(C5)C1)C4)(C3)C2. The molecule has 29 heavy (non-hydrogen) atoms. The molecule has 3 N–H and O–H groups in total. The van der Waals surface area contributed by atoms with Gasteiger partial charge in [0.2, 0.25) is 0 Å². The lowest BCUT2D eigenvalue weighted by molar-refractivity contribution is -0.259. The number of carbonyl (C=O) groups is 3. The van der Waals surface area contributed by atoms with Gasteiger partial charge in [0.1, 0.15) is 0 Å². The Bertz CT molecular complexity index is 800. The number of carboxylic acids is 3. The molecular formula is C23H30O6. The molecule has 8 saturated carbocycles. The molecule has 6 nitrogen and oxygen atoms in total. The van der Waals surface area contributed by atoms with Crippen molar-refractivity contribution >= 4 is 17.9 Å². The van der Waals surface area contributed by atoms with Crippen LogP contribution in [0.5, 0.6) is 0 Å². The fourth-order valence-corrected chi connectivity index (χ4v) is 10.6. The van der Waals surface area contributed by atoms with E-state index in [2.05, 4.69) is 0 Å². The minimum Gasteiger partial charge on any atom is -0.481 e. The zero-order valence-corrected chi connectivity index (χ0v) is 16.8. The number of hydrogen-bond acceptors (Lipinski definition) is 3. The molecule has 0 saturated heterocycles. The summed E-state index contributed by atoms with van der Waals surface area (Å²) in [5.41, 5.74) is -3.03. The van der Waals surface area contributed by atoms with E-state index in [0.717, 1.165) is 38.5 Å². The second-order valence-corrected chi connectivity index (χ2v) is 12.3. The highest BCUT2D eigenvalue weighted by molar-refractivity contribution is 5.81. The molecule has 4 unspecified atom stereocenters. The van der Waals surface area contributed by atoms with Crippen LogP contribution in [0, 0.1) is 44.8 Å². The van der Waals surface area contributed by atoms with Gasteiger partial charge in [0.15, 0.2) is 0 Å². The first kappa shape index (κ1) is 18.2. The standard InChI is InChI=1S/C23H30O6/c24-16(25)19-2-13-1-14(3-19)7-22(6-13,10-19)23-8-15-4-20(11-23,17(26)27)9-21(5-15,12-23)18(28)29/h13-15H,1-12H2,(H,24,25)(H,26,27)(H,28,29). The lowest BCUT2D eigenvalue weighted by atomic mass is 9.29. The third-order valence-corrected chi connectivity index (χ3v) is 10.6. The zero-order chi connectivity index (χ0) is 20.4. The van der Waals surface area contributed by atoms with Gasteiger partial charge in [-0.25, -0.2) is 0 Å². The quantitative estimate of drug-likeness (QED) is 0.660. The number of rotatable bonds is 4. The molecule has 4 atom stereocenters. The minimum absolute atomic E-state index is 0.146. The maximum absolute atomic E-state index is 12.5. The average molecular weight is 402 g/mol. The molecule has 6 heteroatoms. The summed E-state index contributed by atoms with van der Waals surface area (Å²) >= 11 is 0. The Morgan fingerprint density at radius 3 is 1.41 bits per heavy atom. The molecule has 0 heterocycles. The van der Waals surface area contributed by atoms with Crippen molar-refractivity contribution in [3.05, 3.63) is 0 Å². The number of carboxylic acid groups (broad SMARTS) is 3. The zero-order valence-electron chi connectivity index (χ0n) is 16.8. The average Bonchev–Trinajstić information content (AvgIpc) is 2.59. The summed E-state index contributed by atoms with van der Waals surface area (Å²) in [6, 6.07) is 0. The third-order valence-electron chi connectivity index (χ3n) is 10.6. The second kappa shape index (κ2) is 5.00. The molecule has 158 valence electrons. The molecule has 8 aliphatic rings. The highest BCUT2D eigenvalue weighted by Gasteiger charge is 2.75. The summed E-state index contributed by atoms with van der Waals surface area (Å²) in [7, 11) is 0. The van der Waals surface area contributed by atoms with Gasteiger partial charge in [-0.2, -0.15) is 0 Å². The van der Waals surface area contributed by atoms with E-state index in [-0.39, 0.29) is 23.2 Å². The highest BCUT2D eigenvalue weighted by atomic mass is 16.4. The third kappa shape index (κ3) is 2.01. The van der Waals surface area contributed by atoms with Crippen LogP contribution < -0.4 is 0 Å². The van der Waals surface area contributed by atoms with Crippen LogP contribution in [-0.2, 0) is 14.4 Å². The van der Waals surface area contributed by atoms with Crippen molar-refractivity contribution in [2.45, 2.75) is 77.0 Å². The van der Waals surface area contributed by atoms with Gasteiger partial charge < -0.3 is 15.3 Å². The van der Waals surface area contributed by atoms with Crippen molar-refractivity contribution in [1.82, 2.24) is 0 Å². The molecule has 0 aliphatic heterocycles. The Labute approximate surface area is 170 Å². The van der Waals surface area contributed by atoms with Crippen LogP contribution in [0.1, 0.15) is 77.0 Å². The molecule has 0 spiro atoms. The smallest absolute Gasteiger partial charge is 0.309 e. The first-order valence-corrected chi connectivity index (χ1v) is 11.3. The lowest BCUT2D eigenvalue weighted by Gasteiger charge is -2.74. The van der Waals surface area contributed by atoms with Crippen molar-refractivity contribution in [1.29, 1.82) is 0 Å². The van der Waals surface area contributed by atoms with Crippen molar-refractivity contribution in [3.8, 4) is 0 Å². The Morgan fingerprint density at radius 1 is 0.517 bits per heavy atom. The predicted octanol–water partition coefficient (Wildman–Crippen LogP) is 3.78. The van der Waals surface area contributed by atoms with Crippen LogP contribution >= 0.6 is 0 Å². The van der Waals surface area contributed by atoms with E-state index >= 15 is 0 Å². The van der Waals surface area contributed by atoms with Crippen molar-refractivity contribution in [2.75, 3.05) is 0 Å². The summed E-state index contributed by atoms with van der Waals surface area (Å²) < 4.78 is 0. The van der Waals surface area contributed by atoms with E-state index in [1.807, 2.05) is 0 Å². The van der Waals surface area contributed by atoms with Crippen LogP contribution in [0.15, 0.2) is 0 Å². The molecule has 8 rings (SSSR count). The molecule has 8 fully saturated rings. The van der Waals surface area contributed by atoms with E-state index < -0.39 is 34.2 Å². The van der Waals surface area contributed by atoms with E-state index in [1.54, 1.807) is 0 Å². The Kier molecular flexibility index (Phi) is 3.14. The highest BCUT2D eigenvalue weighted by Crippen LogP contribution is 2.80. The summed E-state index contributed by atoms with van der Waals surface area (Å²) in [4.78, 5) is 37.3. The summed E-state index contributed by atoms with van der Waals surface area (Å²) in [6.45, 7) is 0. The molecule has 0 amide bonds. The van der Waals surface area contributed by atoms with Crippen molar-refractivity contribution < 1.29 is 29.7 Å². The van der Waals surface area contributed by atoms with Crippen LogP contribution in [0.4, 0.5) is 0 Å². The van der Waals surface area contributed by atoms with E-state index in [9.17, 15) is 29.7 Å². The van der Waals surface area contributed by atoms with Gasteiger partial charge in [-0.05, 0) is 106 Å². The van der Waals surface area contributed by atoms with E-state index in [1.165, 1.54) is 0 Å². The Hall–Kier alpha value is -1.59. The van der Waals surface area contributed by atoms with E-state index in [4.69, 9.17) is 0 Å². The largest absolute Gasteiger partial charge is 0.481 e. The molecule has 0 radical (unpaired) electrons. The van der Waals surface area contributed by atoms with E-state index in [0.29, 0.717) is 43.9 Å². The number of hydrogen-bond donors (Lipinski definition) is 3. The van der Waals surface area contributed by atoms with Gasteiger partial charge in [0.25, 0.3) is 0 Å². The van der Waals surface area contributed by atoms with Crippen LogP contribution in [-0.4, -0.2) is 33.2 Å². The molecule has 0 aromatic rings. The molecule has 0 aromatic carbocycles. The van der Waals surface area contributed by atoms with Gasteiger partial charge >= 0.3 is 17.9 Å². The van der Waals surface area contributed by atoms with Crippen LogP contribution in [0.25, 0.3) is 0 Å². The minimum atomic E-state index is -0.933. The molecule has 8 bridgehead atoms. The van der Waals surface area contributed by atoms with Crippen molar-refractivity contribution in [2.24, 2.45) is 44.8 Å². The Balaban J connectivity index is 1.51. The van der Waals surface area contributed by atoms with Gasteiger partial charge in [-0.15, -0.1) is 0 Å². The fraction of sp³-hybridized carbons (Fsp3) is 0.870. The molecular weight excluding hydrogens is 372 g/mol. The normalized spacial score (nSPS) is 56.5. The molecule has 8 aliphatic carbocycles. The van der Waals surface area contributed by atoms with Gasteiger partial charge in [0.05, 0.1) is 16.2 Å². The topological polar surface area (TPSA) is 112 Å². The maximum atomic E-state index is 12.5. The van der Waals surface area contributed by atoms with Gasteiger partial charge in [0, 0.05) is 0 Å². The lowest BCUT2D eigenvalue weighted by Crippen LogP contribution is -2.69. The maximum Gasteiger partial charge on any atom is 0.309 e. The first-order chi connectivity index (χ1) is 13.6. The summed E-state index contributed by atoms with van der Waals surface area (Å²) in [5.74, 6) is -1.37. The van der Waals surface area contributed by atoms with Gasteiger partial charge in [-0.1, -0.05) is 0 Å². The predicted molar refractivity (Wildman–Crippen MR) is 101 cm³/mol. The monoisotopic (exact) mass is 402 g/mol. The second-order valence-electron chi connectivity index (χ2n) is 12.3. The first-order valence-electron chi connectivity index (χ1n) is 11.3. The summed E-state index contributed by atoms with van der Waals surface area (Å²) in [6.07, 6.45) is 8.73.